The van der Waals surface area contributed by atoms with Crippen molar-refractivity contribution in [2.45, 2.75) is 38.6 Å². The Kier molecular flexibility index (Phi) is 3.53. The minimum Gasteiger partial charge on any atom is -0.382 e. The second-order valence-electron chi connectivity index (χ2n) is 5.48. The Labute approximate surface area is 114 Å². The fourth-order valence-corrected chi connectivity index (χ4v) is 2.98. The van der Waals surface area contributed by atoms with Gasteiger partial charge in [0, 0.05) is 17.9 Å². The van der Waals surface area contributed by atoms with E-state index in [1.54, 1.807) is 6.20 Å². The van der Waals surface area contributed by atoms with Crippen LogP contribution >= 0.6 is 0 Å². The fraction of sp³-hybridized carbons (Fsp3) is 0.438. The molecule has 2 aromatic rings. The van der Waals surface area contributed by atoms with E-state index in [-0.39, 0.29) is 0 Å². The molecule has 1 fully saturated rings. The largest absolute Gasteiger partial charge is 0.382 e. The summed E-state index contributed by atoms with van der Waals surface area (Å²) in [4.78, 5) is 0. The van der Waals surface area contributed by atoms with Crippen LogP contribution in [0.3, 0.4) is 0 Å². The monoisotopic (exact) mass is 255 g/mol. The second-order valence-corrected chi connectivity index (χ2v) is 5.48. The first kappa shape index (κ1) is 12.3. The van der Waals surface area contributed by atoms with E-state index in [1.807, 2.05) is 6.07 Å². The molecule has 0 radical (unpaired) electrons. The third-order valence-electron chi connectivity index (χ3n) is 4.19. The van der Waals surface area contributed by atoms with Gasteiger partial charge in [0.05, 0.1) is 5.69 Å². The minimum absolute atomic E-state index is 0.656. The number of rotatable bonds is 4. The maximum atomic E-state index is 3.98. The van der Waals surface area contributed by atoms with E-state index in [2.05, 4.69) is 46.7 Å². The molecule has 19 heavy (non-hydrogen) atoms. The molecule has 0 amide bonds. The summed E-state index contributed by atoms with van der Waals surface area (Å²) in [5.74, 6) is 0.918. The molecule has 2 atom stereocenters. The summed E-state index contributed by atoms with van der Waals surface area (Å²) in [6, 6.07) is 11.3. The molecular weight excluding hydrogens is 234 g/mol. The van der Waals surface area contributed by atoms with Crippen LogP contribution in [-0.4, -0.2) is 16.2 Å². The normalized spacial score (nSPS) is 22.6. The van der Waals surface area contributed by atoms with Crippen LogP contribution in [0.5, 0.6) is 0 Å². The zero-order valence-corrected chi connectivity index (χ0v) is 11.4. The smallest absolute Gasteiger partial charge is 0.0650 e. The average Bonchev–Trinajstić information content (AvgIpc) is 3.10. The average molecular weight is 255 g/mol. The van der Waals surface area contributed by atoms with Crippen LogP contribution in [0, 0.1) is 5.92 Å². The lowest BCUT2D eigenvalue weighted by Crippen LogP contribution is -2.15. The first-order chi connectivity index (χ1) is 9.35. The van der Waals surface area contributed by atoms with Crippen molar-refractivity contribution in [3.05, 3.63) is 36.5 Å². The van der Waals surface area contributed by atoms with Gasteiger partial charge in [-0.3, -0.25) is 5.10 Å². The Morgan fingerprint density at radius 1 is 1.21 bits per heavy atom. The van der Waals surface area contributed by atoms with Gasteiger partial charge in [-0.25, -0.2) is 0 Å². The molecule has 1 aromatic heterocycles. The zero-order valence-electron chi connectivity index (χ0n) is 11.4. The molecule has 3 heteroatoms. The van der Waals surface area contributed by atoms with Gasteiger partial charge in [-0.2, -0.15) is 5.10 Å². The van der Waals surface area contributed by atoms with Crippen LogP contribution in [0.2, 0.25) is 0 Å². The molecule has 1 saturated carbocycles. The van der Waals surface area contributed by atoms with Gasteiger partial charge in [0.25, 0.3) is 0 Å². The molecule has 3 rings (SSSR count). The lowest BCUT2D eigenvalue weighted by atomic mass is 10.1. The predicted molar refractivity (Wildman–Crippen MR) is 79.1 cm³/mol. The number of anilines is 1. The van der Waals surface area contributed by atoms with Gasteiger partial charge in [-0.1, -0.05) is 25.5 Å². The third kappa shape index (κ3) is 2.80. The Hall–Kier alpha value is -1.77. The molecule has 100 valence electrons. The van der Waals surface area contributed by atoms with Gasteiger partial charge in [-0.05, 0) is 48.9 Å². The van der Waals surface area contributed by atoms with E-state index in [4.69, 9.17) is 0 Å². The van der Waals surface area contributed by atoms with Crippen molar-refractivity contribution >= 4 is 5.69 Å². The van der Waals surface area contributed by atoms with E-state index < -0.39 is 0 Å². The summed E-state index contributed by atoms with van der Waals surface area (Å²) in [7, 11) is 0. The van der Waals surface area contributed by atoms with Crippen molar-refractivity contribution in [1.82, 2.24) is 10.2 Å². The fourth-order valence-electron chi connectivity index (χ4n) is 2.98. The van der Waals surface area contributed by atoms with E-state index >= 15 is 0 Å². The molecule has 0 bridgehead atoms. The van der Waals surface area contributed by atoms with Crippen LogP contribution in [0.1, 0.15) is 32.6 Å². The Morgan fingerprint density at radius 2 is 2.05 bits per heavy atom. The van der Waals surface area contributed by atoms with Crippen molar-refractivity contribution in [3.8, 4) is 11.3 Å². The van der Waals surface area contributed by atoms with Gasteiger partial charge in [0.1, 0.15) is 0 Å². The van der Waals surface area contributed by atoms with E-state index in [9.17, 15) is 0 Å². The van der Waals surface area contributed by atoms with E-state index in [1.165, 1.54) is 36.9 Å². The molecule has 1 aromatic carbocycles. The number of H-pyrrole nitrogens is 1. The highest BCUT2D eigenvalue weighted by atomic mass is 15.1. The van der Waals surface area contributed by atoms with Crippen molar-refractivity contribution < 1.29 is 0 Å². The summed E-state index contributed by atoms with van der Waals surface area (Å²) < 4.78 is 0. The molecule has 0 saturated heterocycles. The van der Waals surface area contributed by atoms with Gasteiger partial charge < -0.3 is 5.32 Å². The van der Waals surface area contributed by atoms with Crippen LogP contribution in [-0.2, 0) is 0 Å². The number of aromatic amines is 1. The summed E-state index contributed by atoms with van der Waals surface area (Å²) in [5.41, 5.74) is 3.48. The van der Waals surface area contributed by atoms with E-state index in [0.29, 0.717) is 6.04 Å². The first-order valence-electron chi connectivity index (χ1n) is 7.21. The lowest BCUT2D eigenvalue weighted by molar-refractivity contribution is 0.525. The highest BCUT2D eigenvalue weighted by Gasteiger charge is 2.22. The number of hydrogen-bond donors (Lipinski definition) is 2. The zero-order chi connectivity index (χ0) is 13.1. The molecular formula is C16H21N3. The topological polar surface area (TPSA) is 40.7 Å². The standard InChI is InChI=1S/C16H21N3/c1-2-12-3-6-15(11-12)18-14-7-4-13(5-8-14)16-9-10-17-19-16/h4-5,7-10,12,15,18H,2-3,6,11H2,1H3,(H,17,19). The van der Waals surface area contributed by atoms with Crippen molar-refractivity contribution in [3.63, 3.8) is 0 Å². The minimum atomic E-state index is 0.656. The maximum absolute atomic E-state index is 3.98. The Morgan fingerprint density at radius 3 is 2.68 bits per heavy atom. The van der Waals surface area contributed by atoms with Gasteiger partial charge in [0.15, 0.2) is 0 Å². The summed E-state index contributed by atoms with van der Waals surface area (Å²) >= 11 is 0. The molecule has 1 heterocycles. The molecule has 1 aliphatic carbocycles. The number of aromatic nitrogens is 2. The molecule has 2 N–H and O–H groups in total. The highest BCUT2D eigenvalue weighted by Crippen LogP contribution is 2.30. The molecule has 0 spiro atoms. The van der Waals surface area contributed by atoms with Crippen molar-refractivity contribution in [2.24, 2.45) is 5.92 Å². The maximum Gasteiger partial charge on any atom is 0.0650 e. The highest BCUT2D eigenvalue weighted by molar-refractivity contribution is 5.62. The Balaban J connectivity index is 1.63. The number of hydrogen-bond acceptors (Lipinski definition) is 2. The van der Waals surface area contributed by atoms with Crippen LogP contribution in [0.15, 0.2) is 36.5 Å². The quantitative estimate of drug-likeness (QED) is 0.864. The van der Waals surface area contributed by atoms with Crippen molar-refractivity contribution in [2.75, 3.05) is 5.32 Å². The lowest BCUT2D eigenvalue weighted by Gasteiger charge is -2.14. The molecule has 1 aliphatic rings. The van der Waals surface area contributed by atoms with Crippen LogP contribution < -0.4 is 5.32 Å². The summed E-state index contributed by atoms with van der Waals surface area (Å²) in [6.07, 6.45) is 7.10. The number of benzene rings is 1. The second kappa shape index (κ2) is 5.47. The Bertz CT molecular complexity index is 501. The molecule has 3 nitrogen and oxygen atoms in total. The number of nitrogens with zero attached hydrogens (tertiary/aromatic N) is 1. The summed E-state index contributed by atoms with van der Waals surface area (Å²) in [6.45, 7) is 2.30. The van der Waals surface area contributed by atoms with Gasteiger partial charge >= 0.3 is 0 Å². The van der Waals surface area contributed by atoms with Gasteiger partial charge in [0.2, 0.25) is 0 Å². The third-order valence-corrected chi connectivity index (χ3v) is 4.19. The van der Waals surface area contributed by atoms with Crippen LogP contribution in [0.4, 0.5) is 5.69 Å². The molecule has 0 aliphatic heterocycles. The summed E-state index contributed by atoms with van der Waals surface area (Å²) in [5, 5.41) is 10.6. The number of nitrogens with one attached hydrogen (secondary N) is 2. The predicted octanol–water partition coefficient (Wildman–Crippen LogP) is 4.07. The van der Waals surface area contributed by atoms with Crippen LogP contribution in [0.25, 0.3) is 11.3 Å². The first-order valence-corrected chi connectivity index (χ1v) is 7.21. The van der Waals surface area contributed by atoms with Gasteiger partial charge in [-0.15, -0.1) is 0 Å². The van der Waals surface area contributed by atoms with Crippen molar-refractivity contribution in [1.29, 1.82) is 0 Å². The molecule has 2 unspecified atom stereocenters. The SMILES string of the molecule is CCC1CCC(Nc2ccc(-c3ccn[nH]3)cc2)C1. The van der Waals surface area contributed by atoms with E-state index in [0.717, 1.165) is 11.6 Å².